The van der Waals surface area contributed by atoms with Crippen molar-refractivity contribution in [2.45, 2.75) is 25.7 Å². The molecule has 11 heteroatoms. The highest BCUT2D eigenvalue weighted by Crippen LogP contribution is 2.28. The first kappa shape index (κ1) is 26.5. The van der Waals surface area contributed by atoms with Gasteiger partial charge in [-0.1, -0.05) is 41.4 Å². The molecule has 0 saturated carbocycles. The Bertz CT molecular complexity index is 1410. The second-order valence-corrected chi connectivity index (χ2v) is 8.82. The van der Waals surface area contributed by atoms with E-state index < -0.39 is 12.2 Å². The van der Waals surface area contributed by atoms with Crippen molar-refractivity contribution in [3.8, 4) is 22.7 Å². The predicted molar refractivity (Wildman–Crippen MR) is 132 cm³/mol. The Morgan fingerprint density at radius 1 is 0.973 bits per heavy atom. The summed E-state index contributed by atoms with van der Waals surface area (Å²) in [6.07, 6.45) is -4.41. The molecule has 0 atom stereocenters. The van der Waals surface area contributed by atoms with Gasteiger partial charge in [-0.3, -0.25) is 4.79 Å². The van der Waals surface area contributed by atoms with Crippen LogP contribution in [0.4, 0.5) is 17.6 Å². The SMILES string of the molecule is O=C(CCc1cc(-c2cccc(F)c2)n(-c2ccc(OC(F)(F)F)cc2)n1)NCc1ccc(Cl)c(Cl)c1. The Labute approximate surface area is 219 Å². The Hall–Kier alpha value is -3.56. The van der Waals surface area contributed by atoms with Gasteiger partial charge in [-0.05, 0) is 60.2 Å². The number of nitrogens with one attached hydrogen (secondary N) is 1. The number of aryl methyl sites for hydroxylation is 1. The number of benzene rings is 3. The van der Waals surface area contributed by atoms with Crippen LogP contribution in [-0.2, 0) is 17.8 Å². The summed E-state index contributed by atoms with van der Waals surface area (Å²) >= 11 is 11.9. The number of nitrogens with zero attached hydrogens (tertiary/aromatic N) is 2. The van der Waals surface area contributed by atoms with Gasteiger partial charge >= 0.3 is 6.36 Å². The van der Waals surface area contributed by atoms with E-state index in [2.05, 4.69) is 15.2 Å². The largest absolute Gasteiger partial charge is 0.573 e. The molecule has 0 radical (unpaired) electrons. The van der Waals surface area contributed by atoms with Crippen LogP contribution < -0.4 is 10.1 Å². The second-order valence-electron chi connectivity index (χ2n) is 8.01. The van der Waals surface area contributed by atoms with E-state index in [4.69, 9.17) is 23.2 Å². The van der Waals surface area contributed by atoms with Gasteiger partial charge in [-0.25, -0.2) is 9.07 Å². The maximum atomic E-state index is 13.9. The van der Waals surface area contributed by atoms with Crippen LogP contribution in [0.15, 0.2) is 72.8 Å². The number of rotatable bonds is 8. The summed E-state index contributed by atoms with van der Waals surface area (Å²) in [5, 5.41) is 8.13. The molecule has 1 amide bonds. The summed E-state index contributed by atoms with van der Waals surface area (Å²) in [5.74, 6) is -1.06. The number of hydrogen-bond donors (Lipinski definition) is 1. The number of amides is 1. The summed E-state index contributed by atoms with van der Waals surface area (Å²) in [7, 11) is 0. The van der Waals surface area contributed by atoms with Crippen molar-refractivity contribution in [2.24, 2.45) is 0 Å². The molecule has 0 bridgehead atoms. The zero-order valence-corrected chi connectivity index (χ0v) is 20.5. The molecule has 192 valence electrons. The van der Waals surface area contributed by atoms with Gasteiger partial charge in [0, 0.05) is 24.9 Å². The van der Waals surface area contributed by atoms with E-state index in [1.165, 1.54) is 28.9 Å². The second kappa shape index (κ2) is 11.2. The van der Waals surface area contributed by atoms with Gasteiger partial charge < -0.3 is 10.1 Å². The average molecular weight is 552 g/mol. The summed E-state index contributed by atoms with van der Waals surface area (Å²) < 4.78 is 56.8. The van der Waals surface area contributed by atoms with E-state index >= 15 is 0 Å². The van der Waals surface area contributed by atoms with Gasteiger partial charge in [-0.2, -0.15) is 5.10 Å². The van der Waals surface area contributed by atoms with Gasteiger partial charge in [-0.15, -0.1) is 13.2 Å². The van der Waals surface area contributed by atoms with Crippen LogP contribution in [0.1, 0.15) is 17.7 Å². The molecule has 3 aromatic carbocycles. The number of carbonyl (C=O) groups excluding carboxylic acids is 1. The predicted octanol–water partition coefficient (Wildman–Crippen LogP) is 7.13. The van der Waals surface area contributed by atoms with Gasteiger partial charge in [0.05, 0.1) is 27.1 Å². The lowest BCUT2D eigenvalue weighted by Crippen LogP contribution is -2.23. The van der Waals surface area contributed by atoms with Gasteiger partial charge in [0.1, 0.15) is 11.6 Å². The molecule has 5 nitrogen and oxygen atoms in total. The quantitative estimate of drug-likeness (QED) is 0.237. The van der Waals surface area contributed by atoms with E-state index in [0.29, 0.717) is 32.7 Å². The summed E-state index contributed by atoms with van der Waals surface area (Å²) in [4.78, 5) is 12.4. The van der Waals surface area contributed by atoms with E-state index in [1.54, 1.807) is 36.4 Å². The third-order valence-electron chi connectivity index (χ3n) is 5.28. The minimum atomic E-state index is -4.81. The third-order valence-corrected chi connectivity index (χ3v) is 6.02. The first-order valence-electron chi connectivity index (χ1n) is 11.0. The van der Waals surface area contributed by atoms with Gasteiger partial charge in [0.2, 0.25) is 5.91 Å². The zero-order chi connectivity index (χ0) is 26.6. The zero-order valence-electron chi connectivity index (χ0n) is 19.0. The van der Waals surface area contributed by atoms with Crippen LogP contribution in [0.3, 0.4) is 0 Å². The fourth-order valence-corrected chi connectivity index (χ4v) is 3.89. The van der Waals surface area contributed by atoms with Gasteiger partial charge in [0.25, 0.3) is 0 Å². The molecule has 0 aliphatic heterocycles. The standard InChI is InChI=1S/C26H19Cl2F4N3O2/c27-22-10-4-16(12-23(22)28)15-33-25(36)11-5-19-14-24(17-2-1-3-18(29)13-17)35(34-19)20-6-8-21(9-7-20)37-26(30,31)32/h1-4,6-10,12-14H,5,11,15H2,(H,33,36). The number of carbonyl (C=O) groups is 1. The Morgan fingerprint density at radius 3 is 2.41 bits per heavy atom. The van der Waals surface area contributed by atoms with Crippen molar-refractivity contribution in [1.29, 1.82) is 0 Å². The van der Waals surface area contributed by atoms with Crippen molar-refractivity contribution in [2.75, 3.05) is 0 Å². The number of alkyl halides is 3. The molecule has 37 heavy (non-hydrogen) atoms. The van der Waals surface area contributed by atoms with E-state index in [9.17, 15) is 22.4 Å². The first-order valence-corrected chi connectivity index (χ1v) is 11.7. The lowest BCUT2D eigenvalue weighted by molar-refractivity contribution is -0.274. The van der Waals surface area contributed by atoms with Crippen molar-refractivity contribution in [1.82, 2.24) is 15.1 Å². The number of halogens is 6. The van der Waals surface area contributed by atoms with Crippen LogP contribution in [0, 0.1) is 5.82 Å². The maximum Gasteiger partial charge on any atom is 0.573 e. The highest BCUT2D eigenvalue weighted by atomic mass is 35.5. The van der Waals surface area contributed by atoms with Crippen molar-refractivity contribution < 1.29 is 27.1 Å². The Balaban J connectivity index is 1.51. The smallest absolute Gasteiger partial charge is 0.406 e. The molecular weight excluding hydrogens is 533 g/mol. The highest BCUT2D eigenvalue weighted by Gasteiger charge is 2.31. The van der Waals surface area contributed by atoms with E-state index in [-0.39, 0.29) is 31.0 Å². The molecule has 4 aromatic rings. The van der Waals surface area contributed by atoms with Crippen LogP contribution in [0.2, 0.25) is 10.0 Å². The molecule has 1 N–H and O–H groups in total. The fourth-order valence-electron chi connectivity index (χ4n) is 3.57. The molecule has 1 heterocycles. The monoisotopic (exact) mass is 551 g/mol. The molecule has 0 saturated heterocycles. The molecule has 0 unspecified atom stereocenters. The van der Waals surface area contributed by atoms with E-state index in [1.807, 2.05) is 0 Å². The van der Waals surface area contributed by atoms with Crippen LogP contribution in [0.25, 0.3) is 16.9 Å². The summed E-state index contributed by atoms with van der Waals surface area (Å²) in [6.45, 7) is 0.269. The average Bonchev–Trinajstić information content (AvgIpc) is 3.27. The molecule has 0 spiro atoms. The van der Waals surface area contributed by atoms with Crippen molar-refractivity contribution in [3.05, 3.63) is 99.9 Å². The lowest BCUT2D eigenvalue weighted by Gasteiger charge is -2.11. The van der Waals surface area contributed by atoms with Crippen molar-refractivity contribution in [3.63, 3.8) is 0 Å². The van der Waals surface area contributed by atoms with Crippen molar-refractivity contribution >= 4 is 29.1 Å². The maximum absolute atomic E-state index is 13.9. The van der Waals surface area contributed by atoms with Gasteiger partial charge in [0.15, 0.2) is 0 Å². The molecular formula is C26H19Cl2F4N3O2. The number of aromatic nitrogens is 2. The molecule has 4 rings (SSSR count). The molecule has 1 aromatic heterocycles. The molecule has 0 aliphatic carbocycles. The first-order chi connectivity index (χ1) is 17.6. The number of hydrogen-bond acceptors (Lipinski definition) is 3. The number of ether oxygens (including phenoxy) is 1. The van der Waals surface area contributed by atoms with Crippen LogP contribution >= 0.6 is 23.2 Å². The topological polar surface area (TPSA) is 56.2 Å². The highest BCUT2D eigenvalue weighted by molar-refractivity contribution is 6.42. The Morgan fingerprint density at radius 2 is 1.73 bits per heavy atom. The van der Waals surface area contributed by atoms with Crippen LogP contribution in [0.5, 0.6) is 5.75 Å². The molecule has 0 fully saturated rings. The fraction of sp³-hybridized carbons (Fsp3) is 0.154. The van der Waals surface area contributed by atoms with Crippen LogP contribution in [-0.4, -0.2) is 22.1 Å². The van der Waals surface area contributed by atoms with E-state index in [0.717, 1.165) is 17.7 Å². The normalized spacial score (nSPS) is 11.4. The summed E-state index contributed by atoms with van der Waals surface area (Å²) in [5.41, 5.74) is 2.79. The minimum Gasteiger partial charge on any atom is -0.406 e. The minimum absolute atomic E-state index is 0.124. The Kier molecular flexibility index (Phi) is 8.04. The molecule has 0 aliphatic rings. The third kappa shape index (κ3) is 7.24. The lowest BCUT2D eigenvalue weighted by atomic mass is 10.1. The summed E-state index contributed by atoms with van der Waals surface area (Å²) in [6, 6.07) is 17.8.